The second kappa shape index (κ2) is 3.01. The molecule has 2 rings (SSSR count). The quantitative estimate of drug-likeness (QED) is 0.733. The van der Waals surface area contributed by atoms with Crippen LogP contribution >= 0.6 is 0 Å². The Morgan fingerprint density at radius 1 is 1.57 bits per heavy atom. The van der Waals surface area contributed by atoms with E-state index in [-0.39, 0.29) is 17.5 Å². The number of carbonyl (C=O) groups is 1. The van der Waals surface area contributed by atoms with Gasteiger partial charge in [-0.3, -0.25) is 4.79 Å². The third-order valence-corrected chi connectivity index (χ3v) is 2.40. The van der Waals surface area contributed by atoms with Gasteiger partial charge in [-0.15, -0.1) is 0 Å². The van der Waals surface area contributed by atoms with Crippen molar-refractivity contribution in [1.82, 2.24) is 10.1 Å². The van der Waals surface area contributed by atoms with E-state index in [2.05, 4.69) is 5.32 Å². The van der Waals surface area contributed by atoms with Gasteiger partial charge >= 0.3 is 5.63 Å². The highest BCUT2D eigenvalue weighted by atomic mass is 16.5. The maximum Gasteiger partial charge on any atom is 0.370 e. The lowest BCUT2D eigenvalue weighted by Gasteiger charge is -1.99. The molecule has 0 aromatic carbocycles. The highest BCUT2D eigenvalue weighted by Gasteiger charge is 2.27. The number of hydrogen-bond acceptors (Lipinski definition) is 3. The van der Waals surface area contributed by atoms with Crippen molar-refractivity contribution in [2.75, 3.05) is 0 Å². The monoisotopic (exact) mass is 196 g/mol. The number of amides is 1. The largest absolute Gasteiger partial charge is 0.370 e. The van der Waals surface area contributed by atoms with Crippen LogP contribution in [0.5, 0.6) is 0 Å². The Hall–Kier alpha value is -1.52. The summed E-state index contributed by atoms with van der Waals surface area (Å²) in [7, 11) is 1.60. The first-order valence-electron chi connectivity index (χ1n) is 4.57. The van der Waals surface area contributed by atoms with E-state index in [4.69, 9.17) is 4.52 Å². The third-order valence-electron chi connectivity index (χ3n) is 2.40. The van der Waals surface area contributed by atoms with Gasteiger partial charge in [-0.2, -0.15) is 0 Å². The van der Waals surface area contributed by atoms with Gasteiger partial charge in [-0.05, 0) is 19.8 Å². The maximum atomic E-state index is 11.6. The van der Waals surface area contributed by atoms with Gasteiger partial charge in [0.25, 0.3) is 5.91 Å². The number of aryl methyl sites for hydroxylation is 1. The Balaban J connectivity index is 2.29. The molecule has 0 spiro atoms. The minimum Gasteiger partial charge on any atom is -0.349 e. The second-order valence-corrected chi connectivity index (χ2v) is 3.58. The van der Waals surface area contributed by atoms with Crippen LogP contribution in [0, 0.1) is 6.92 Å². The molecule has 1 aliphatic carbocycles. The molecule has 0 atom stereocenters. The van der Waals surface area contributed by atoms with E-state index >= 15 is 0 Å². The van der Waals surface area contributed by atoms with E-state index in [9.17, 15) is 9.59 Å². The molecular formula is C9H12N2O3. The first-order chi connectivity index (χ1) is 6.59. The van der Waals surface area contributed by atoms with Crippen LogP contribution in [0.3, 0.4) is 0 Å². The van der Waals surface area contributed by atoms with Crippen LogP contribution in [0.25, 0.3) is 0 Å². The number of rotatable bonds is 2. The Morgan fingerprint density at radius 3 is 2.64 bits per heavy atom. The summed E-state index contributed by atoms with van der Waals surface area (Å²) in [4.78, 5) is 22.8. The average Bonchev–Trinajstić information content (AvgIpc) is 2.83. The Labute approximate surface area is 80.7 Å². The van der Waals surface area contributed by atoms with E-state index in [0.717, 1.165) is 12.8 Å². The molecule has 76 valence electrons. The zero-order valence-electron chi connectivity index (χ0n) is 8.16. The fourth-order valence-electron chi connectivity index (χ4n) is 1.29. The van der Waals surface area contributed by atoms with Crippen LogP contribution in [-0.4, -0.2) is 16.7 Å². The molecule has 0 aliphatic heterocycles. The third kappa shape index (κ3) is 1.45. The van der Waals surface area contributed by atoms with Crippen molar-refractivity contribution in [3.8, 4) is 0 Å². The van der Waals surface area contributed by atoms with Gasteiger partial charge in [0.15, 0.2) is 0 Å². The van der Waals surface area contributed by atoms with Crippen molar-refractivity contribution in [3.05, 3.63) is 21.7 Å². The van der Waals surface area contributed by atoms with E-state index < -0.39 is 5.63 Å². The van der Waals surface area contributed by atoms with Crippen LogP contribution in [0.15, 0.2) is 9.32 Å². The first-order valence-corrected chi connectivity index (χ1v) is 4.57. The topological polar surface area (TPSA) is 64.2 Å². The van der Waals surface area contributed by atoms with Crippen LogP contribution in [0.4, 0.5) is 0 Å². The molecular weight excluding hydrogens is 184 g/mol. The maximum absolute atomic E-state index is 11.6. The molecule has 1 fully saturated rings. The van der Waals surface area contributed by atoms with Gasteiger partial charge in [0.05, 0.1) is 5.69 Å². The summed E-state index contributed by atoms with van der Waals surface area (Å²) in [6.45, 7) is 1.69. The van der Waals surface area contributed by atoms with Gasteiger partial charge in [0.2, 0.25) is 0 Å². The molecule has 1 amide bonds. The summed E-state index contributed by atoms with van der Waals surface area (Å²) in [5.41, 5.74) is 0.121. The van der Waals surface area contributed by atoms with Crippen LogP contribution in [0.2, 0.25) is 0 Å². The van der Waals surface area contributed by atoms with Crippen LogP contribution in [-0.2, 0) is 7.05 Å². The molecule has 5 nitrogen and oxygen atoms in total. The number of nitrogens with one attached hydrogen (secondary N) is 1. The predicted octanol–water partition coefficient (Wildman–Crippen LogP) is 0.179. The molecule has 0 unspecified atom stereocenters. The van der Waals surface area contributed by atoms with Gasteiger partial charge in [-0.25, -0.2) is 9.53 Å². The lowest BCUT2D eigenvalue weighted by Crippen LogP contribution is -2.29. The molecule has 1 aliphatic rings. The summed E-state index contributed by atoms with van der Waals surface area (Å²) < 4.78 is 6.08. The first kappa shape index (κ1) is 9.05. The fraction of sp³-hybridized carbons (Fsp3) is 0.556. The number of nitrogens with zero attached hydrogens (tertiary/aromatic N) is 1. The molecule has 0 bridgehead atoms. The highest BCUT2D eigenvalue weighted by Crippen LogP contribution is 2.19. The SMILES string of the molecule is Cc1c(C(=O)NC2CC2)c(=O)on1C. The smallest absolute Gasteiger partial charge is 0.349 e. The minimum atomic E-state index is -0.567. The molecule has 1 N–H and O–H groups in total. The summed E-state index contributed by atoms with van der Waals surface area (Å²) in [6.07, 6.45) is 2.01. The summed E-state index contributed by atoms with van der Waals surface area (Å²) >= 11 is 0. The van der Waals surface area contributed by atoms with Gasteiger partial charge in [-0.1, -0.05) is 0 Å². The van der Waals surface area contributed by atoms with Crippen molar-refractivity contribution in [2.24, 2.45) is 7.05 Å². The number of aromatic nitrogens is 1. The van der Waals surface area contributed by atoms with E-state index in [1.54, 1.807) is 14.0 Å². The standard InChI is InChI=1S/C9H12N2O3/c1-5-7(9(13)14-11(5)2)8(12)10-6-3-4-6/h6H,3-4H2,1-2H3,(H,10,12). The van der Waals surface area contributed by atoms with Gasteiger partial charge < -0.3 is 9.84 Å². The summed E-state index contributed by atoms with van der Waals surface area (Å²) in [6, 6.07) is 0.251. The van der Waals surface area contributed by atoms with Crippen molar-refractivity contribution in [3.63, 3.8) is 0 Å². The molecule has 1 aromatic heterocycles. The average molecular weight is 196 g/mol. The van der Waals surface area contributed by atoms with Crippen LogP contribution < -0.4 is 10.9 Å². The Kier molecular flexibility index (Phi) is 1.94. The van der Waals surface area contributed by atoms with Crippen LogP contribution in [0.1, 0.15) is 28.9 Å². The Morgan fingerprint density at radius 2 is 2.21 bits per heavy atom. The van der Waals surface area contributed by atoms with Crippen molar-refractivity contribution in [1.29, 1.82) is 0 Å². The molecule has 5 heteroatoms. The van der Waals surface area contributed by atoms with Crippen molar-refractivity contribution >= 4 is 5.91 Å². The second-order valence-electron chi connectivity index (χ2n) is 3.58. The lowest BCUT2D eigenvalue weighted by atomic mass is 10.2. The Bertz CT molecular complexity index is 426. The van der Waals surface area contributed by atoms with Crippen molar-refractivity contribution < 1.29 is 9.32 Å². The normalized spacial score (nSPS) is 15.6. The lowest BCUT2D eigenvalue weighted by molar-refractivity contribution is 0.0948. The fourth-order valence-corrected chi connectivity index (χ4v) is 1.29. The van der Waals surface area contributed by atoms with Gasteiger partial charge in [0, 0.05) is 13.1 Å². The summed E-state index contributed by atoms with van der Waals surface area (Å²) in [5.74, 6) is -0.320. The van der Waals surface area contributed by atoms with E-state index in [0.29, 0.717) is 5.69 Å². The molecule has 14 heavy (non-hydrogen) atoms. The number of hydrogen-bond donors (Lipinski definition) is 1. The molecule has 0 saturated heterocycles. The zero-order chi connectivity index (χ0) is 10.3. The van der Waals surface area contributed by atoms with Gasteiger partial charge in [0.1, 0.15) is 5.56 Å². The molecule has 1 aromatic rings. The summed E-state index contributed by atoms with van der Waals surface area (Å²) in [5, 5.41) is 2.75. The molecule has 1 heterocycles. The minimum absolute atomic E-state index is 0.124. The molecule has 0 radical (unpaired) electrons. The predicted molar refractivity (Wildman–Crippen MR) is 49.2 cm³/mol. The number of carbonyl (C=O) groups excluding carboxylic acids is 1. The highest BCUT2D eigenvalue weighted by molar-refractivity contribution is 5.95. The zero-order valence-corrected chi connectivity index (χ0v) is 8.16. The molecule has 1 saturated carbocycles. The van der Waals surface area contributed by atoms with E-state index in [1.807, 2.05) is 0 Å². The van der Waals surface area contributed by atoms with Crippen molar-refractivity contribution in [2.45, 2.75) is 25.8 Å². The van der Waals surface area contributed by atoms with E-state index in [1.165, 1.54) is 4.74 Å².